The van der Waals surface area contributed by atoms with E-state index in [1.54, 1.807) is 6.20 Å². The van der Waals surface area contributed by atoms with E-state index in [-0.39, 0.29) is 5.78 Å². The zero-order valence-electron chi connectivity index (χ0n) is 7.86. The fourth-order valence-electron chi connectivity index (χ4n) is 1.23. The predicted octanol–water partition coefficient (Wildman–Crippen LogP) is 1.27. The molecule has 0 saturated heterocycles. The van der Waals surface area contributed by atoms with Crippen LogP contribution in [0.2, 0.25) is 0 Å². The molecular formula is C10H10N2O2. The van der Waals surface area contributed by atoms with Gasteiger partial charge in [0.2, 0.25) is 5.78 Å². The van der Waals surface area contributed by atoms with Gasteiger partial charge in [-0.2, -0.15) is 0 Å². The molecule has 4 nitrogen and oxygen atoms in total. The number of carbonyl (C=O) groups is 1. The Bertz CT molecular complexity index is 382. The summed E-state index contributed by atoms with van der Waals surface area (Å²) in [4.78, 5) is 19.7. The Labute approximate surface area is 81.6 Å². The average Bonchev–Trinajstić information content (AvgIpc) is 2.71. The van der Waals surface area contributed by atoms with Crippen LogP contribution in [-0.4, -0.2) is 22.4 Å². The maximum Gasteiger partial charge on any atom is 0.212 e. The Hall–Kier alpha value is -1.71. The molecule has 0 atom stereocenters. The van der Waals surface area contributed by atoms with E-state index in [0.717, 1.165) is 5.69 Å². The number of aryl methyl sites for hydroxylation is 1. The van der Waals surface area contributed by atoms with Crippen LogP contribution in [0.15, 0.2) is 24.2 Å². The molecule has 0 aromatic carbocycles. The van der Waals surface area contributed by atoms with Crippen LogP contribution in [0.1, 0.15) is 22.6 Å². The molecule has 1 aromatic rings. The van der Waals surface area contributed by atoms with E-state index in [9.17, 15) is 4.79 Å². The maximum atomic E-state index is 11.7. The second-order valence-electron chi connectivity index (χ2n) is 3.14. The highest BCUT2D eigenvalue weighted by Crippen LogP contribution is 2.14. The van der Waals surface area contributed by atoms with Crippen LogP contribution in [0.4, 0.5) is 0 Å². The number of ketones is 1. The maximum absolute atomic E-state index is 11.7. The summed E-state index contributed by atoms with van der Waals surface area (Å²) in [5.41, 5.74) is 1.86. The minimum Gasteiger partial charge on any atom is -0.500 e. The number of aromatic nitrogens is 2. The lowest BCUT2D eigenvalue weighted by molar-refractivity contribution is 0.102. The molecule has 2 rings (SSSR count). The van der Waals surface area contributed by atoms with Crippen molar-refractivity contribution < 1.29 is 9.53 Å². The number of nitrogens with zero attached hydrogens (tertiary/aromatic N) is 2. The quantitative estimate of drug-likeness (QED) is 0.659. The first-order chi connectivity index (χ1) is 6.77. The molecule has 1 aliphatic rings. The molecule has 1 aliphatic heterocycles. The van der Waals surface area contributed by atoms with Crippen molar-refractivity contribution in [3.05, 3.63) is 35.6 Å². The molecular weight excluding hydrogens is 180 g/mol. The Morgan fingerprint density at radius 2 is 2.29 bits per heavy atom. The van der Waals surface area contributed by atoms with Gasteiger partial charge in [-0.3, -0.25) is 9.78 Å². The summed E-state index contributed by atoms with van der Waals surface area (Å²) in [6.07, 6.45) is 5.25. The van der Waals surface area contributed by atoms with Crippen molar-refractivity contribution in [3.63, 3.8) is 0 Å². The van der Waals surface area contributed by atoms with E-state index in [1.165, 1.54) is 12.5 Å². The van der Waals surface area contributed by atoms with Crippen LogP contribution in [-0.2, 0) is 4.74 Å². The van der Waals surface area contributed by atoms with Crippen molar-refractivity contribution in [2.45, 2.75) is 13.3 Å². The molecule has 4 heteroatoms. The van der Waals surface area contributed by atoms with Crippen molar-refractivity contribution in [2.24, 2.45) is 0 Å². The van der Waals surface area contributed by atoms with Gasteiger partial charge in [-0.1, -0.05) is 0 Å². The summed E-state index contributed by atoms with van der Waals surface area (Å²) in [6, 6.07) is 0. The summed E-state index contributed by atoms with van der Waals surface area (Å²) in [7, 11) is 0. The van der Waals surface area contributed by atoms with Gasteiger partial charge in [-0.25, -0.2) is 4.98 Å². The highest BCUT2D eigenvalue weighted by atomic mass is 16.5. The Morgan fingerprint density at radius 3 is 2.86 bits per heavy atom. The van der Waals surface area contributed by atoms with Gasteiger partial charge in [0.1, 0.15) is 5.69 Å². The van der Waals surface area contributed by atoms with E-state index >= 15 is 0 Å². The van der Waals surface area contributed by atoms with Crippen molar-refractivity contribution in [1.82, 2.24) is 9.97 Å². The molecule has 0 fully saturated rings. The standard InChI is InChI=1S/C10H10N2O2/c1-7-4-12-9(5-11-7)10(13)8-2-3-14-6-8/h4-6H,2-3H2,1H3. The second-order valence-corrected chi connectivity index (χ2v) is 3.14. The highest BCUT2D eigenvalue weighted by Gasteiger charge is 2.17. The molecule has 14 heavy (non-hydrogen) atoms. The van der Waals surface area contributed by atoms with Crippen LogP contribution in [0.5, 0.6) is 0 Å². The van der Waals surface area contributed by atoms with Crippen LogP contribution in [0.3, 0.4) is 0 Å². The summed E-state index contributed by atoms with van der Waals surface area (Å²) in [5.74, 6) is -0.0880. The number of hydrogen-bond acceptors (Lipinski definition) is 4. The normalized spacial score (nSPS) is 14.8. The first-order valence-electron chi connectivity index (χ1n) is 4.41. The first-order valence-corrected chi connectivity index (χ1v) is 4.41. The van der Waals surface area contributed by atoms with E-state index in [1.807, 2.05) is 6.92 Å². The van der Waals surface area contributed by atoms with Gasteiger partial charge in [-0.15, -0.1) is 0 Å². The van der Waals surface area contributed by atoms with Gasteiger partial charge in [0.15, 0.2) is 0 Å². The van der Waals surface area contributed by atoms with Crippen LogP contribution < -0.4 is 0 Å². The molecule has 1 aromatic heterocycles. The fourth-order valence-corrected chi connectivity index (χ4v) is 1.23. The third-order valence-corrected chi connectivity index (χ3v) is 2.02. The molecule has 0 spiro atoms. The van der Waals surface area contributed by atoms with Crippen molar-refractivity contribution in [1.29, 1.82) is 0 Å². The molecule has 0 aliphatic carbocycles. The predicted molar refractivity (Wildman–Crippen MR) is 49.8 cm³/mol. The first kappa shape index (κ1) is 8.87. The number of ether oxygens (including phenoxy) is 1. The number of hydrogen-bond donors (Lipinski definition) is 0. The smallest absolute Gasteiger partial charge is 0.212 e. The molecule has 0 saturated carbocycles. The van der Waals surface area contributed by atoms with Crippen molar-refractivity contribution in [2.75, 3.05) is 6.61 Å². The number of Topliss-reactive ketones (excluding diaryl/α,β-unsaturated/α-hetero) is 1. The minimum absolute atomic E-state index is 0.0880. The zero-order valence-corrected chi connectivity index (χ0v) is 7.86. The Kier molecular flexibility index (Phi) is 2.26. The van der Waals surface area contributed by atoms with Gasteiger partial charge in [0.25, 0.3) is 0 Å². The lowest BCUT2D eigenvalue weighted by Crippen LogP contribution is -2.05. The summed E-state index contributed by atoms with van der Waals surface area (Å²) in [6.45, 7) is 2.42. The van der Waals surface area contributed by atoms with Gasteiger partial charge in [0.05, 0.1) is 24.8 Å². The summed E-state index contributed by atoms with van der Waals surface area (Å²) in [5, 5.41) is 0. The molecule has 2 heterocycles. The van der Waals surface area contributed by atoms with Crippen molar-refractivity contribution in [3.8, 4) is 0 Å². The van der Waals surface area contributed by atoms with E-state index in [2.05, 4.69) is 9.97 Å². The molecule has 0 N–H and O–H groups in total. The van der Waals surface area contributed by atoms with Crippen molar-refractivity contribution >= 4 is 5.78 Å². The van der Waals surface area contributed by atoms with Gasteiger partial charge >= 0.3 is 0 Å². The van der Waals surface area contributed by atoms with Crippen LogP contribution >= 0.6 is 0 Å². The second kappa shape index (κ2) is 3.57. The monoisotopic (exact) mass is 190 g/mol. The number of rotatable bonds is 2. The molecule has 0 radical (unpaired) electrons. The lowest BCUT2D eigenvalue weighted by Gasteiger charge is -1.98. The lowest BCUT2D eigenvalue weighted by atomic mass is 10.1. The summed E-state index contributed by atoms with van der Waals surface area (Å²) < 4.78 is 4.99. The Balaban J connectivity index is 2.22. The van der Waals surface area contributed by atoms with Crippen LogP contribution in [0, 0.1) is 6.92 Å². The van der Waals surface area contributed by atoms with E-state index < -0.39 is 0 Å². The average molecular weight is 190 g/mol. The van der Waals surface area contributed by atoms with E-state index in [0.29, 0.717) is 24.3 Å². The minimum atomic E-state index is -0.0880. The number of carbonyl (C=O) groups excluding carboxylic acids is 1. The zero-order chi connectivity index (χ0) is 9.97. The third kappa shape index (κ3) is 1.64. The van der Waals surface area contributed by atoms with E-state index in [4.69, 9.17) is 4.74 Å². The SMILES string of the molecule is Cc1cnc(C(=O)C2=COCC2)cn1. The fraction of sp³-hybridized carbons (Fsp3) is 0.300. The molecule has 72 valence electrons. The van der Waals surface area contributed by atoms with Gasteiger partial charge in [-0.05, 0) is 6.92 Å². The summed E-state index contributed by atoms with van der Waals surface area (Å²) >= 11 is 0. The molecule has 0 bridgehead atoms. The topological polar surface area (TPSA) is 52.1 Å². The third-order valence-electron chi connectivity index (χ3n) is 2.02. The highest BCUT2D eigenvalue weighted by molar-refractivity contribution is 6.07. The van der Waals surface area contributed by atoms with Gasteiger partial charge in [0, 0.05) is 18.2 Å². The Morgan fingerprint density at radius 1 is 1.43 bits per heavy atom. The largest absolute Gasteiger partial charge is 0.500 e. The molecule has 0 amide bonds. The van der Waals surface area contributed by atoms with Crippen LogP contribution in [0.25, 0.3) is 0 Å². The molecule has 0 unspecified atom stereocenters. The van der Waals surface area contributed by atoms with Gasteiger partial charge < -0.3 is 4.74 Å².